The Kier molecular flexibility index (Phi) is 4.62. The minimum atomic E-state index is -0.252. The molecule has 0 saturated heterocycles. The highest BCUT2D eigenvalue weighted by molar-refractivity contribution is 5.94. The zero-order valence-electron chi connectivity index (χ0n) is 18.3. The monoisotopic (exact) mass is 435 g/mol. The molecule has 0 unspecified atom stereocenters. The van der Waals surface area contributed by atoms with Crippen LogP contribution in [0.4, 0.5) is 0 Å². The first kappa shape index (κ1) is 19.9. The van der Waals surface area contributed by atoms with Gasteiger partial charge in [-0.1, -0.05) is 54.6 Å². The Bertz CT molecular complexity index is 1510. The van der Waals surface area contributed by atoms with E-state index in [9.17, 15) is 4.79 Å². The van der Waals surface area contributed by atoms with E-state index in [-0.39, 0.29) is 11.2 Å². The number of nitrogens with zero attached hydrogens (tertiary/aromatic N) is 3. The van der Waals surface area contributed by atoms with Gasteiger partial charge < -0.3 is 5.73 Å². The summed E-state index contributed by atoms with van der Waals surface area (Å²) in [6, 6.07) is 12.7. The fraction of sp³-hybridized carbons (Fsp3) is 0.222. The van der Waals surface area contributed by atoms with E-state index in [1.54, 1.807) is 6.20 Å². The van der Waals surface area contributed by atoms with Gasteiger partial charge in [-0.3, -0.25) is 4.98 Å². The summed E-state index contributed by atoms with van der Waals surface area (Å²) in [4.78, 5) is 17.1. The van der Waals surface area contributed by atoms with Gasteiger partial charge in [0.15, 0.2) is 5.65 Å². The van der Waals surface area contributed by atoms with Crippen LogP contribution < -0.4 is 11.4 Å². The lowest BCUT2D eigenvalue weighted by Crippen LogP contribution is -2.43. The number of nitrogens with one attached hydrogen (secondary N) is 1. The predicted octanol–water partition coefficient (Wildman–Crippen LogP) is 4.40. The molecular weight excluding hydrogens is 410 g/mol. The number of allylic oxidation sites excluding steroid dienone is 6. The van der Waals surface area contributed by atoms with Crippen LogP contribution in [-0.2, 0) is 12.0 Å². The van der Waals surface area contributed by atoms with Gasteiger partial charge in [0, 0.05) is 29.1 Å². The molecule has 0 aliphatic heterocycles. The van der Waals surface area contributed by atoms with E-state index in [4.69, 9.17) is 10.7 Å². The van der Waals surface area contributed by atoms with Crippen molar-refractivity contribution >= 4 is 22.1 Å². The molecule has 1 fully saturated rings. The van der Waals surface area contributed by atoms with Crippen molar-refractivity contribution in [3.8, 4) is 0 Å². The average Bonchev–Trinajstić information content (AvgIpc) is 3.01. The van der Waals surface area contributed by atoms with Crippen molar-refractivity contribution in [1.29, 1.82) is 0 Å². The highest BCUT2D eigenvalue weighted by Gasteiger charge is 2.34. The van der Waals surface area contributed by atoms with Crippen LogP contribution in [0.2, 0.25) is 0 Å². The van der Waals surface area contributed by atoms with E-state index in [2.05, 4.69) is 70.9 Å². The second-order valence-electron chi connectivity index (χ2n) is 9.03. The molecule has 1 aromatic carbocycles. The first-order valence-corrected chi connectivity index (χ1v) is 11.4. The Morgan fingerprint density at radius 1 is 1.12 bits per heavy atom. The average molecular weight is 436 g/mol. The number of hydrogen-bond donors (Lipinski definition) is 2. The number of benzene rings is 1. The lowest BCUT2D eigenvalue weighted by molar-refractivity contribution is 0.253. The van der Waals surface area contributed by atoms with Crippen LogP contribution in [0, 0.1) is 0 Å². The van der Waals surface area contributed by atoms with E-state index in [1.807, 2.05) is 6.07 Å². The zero-order valence-corrected chi connectivity index (χ0v) is 18.3. The third-order valence-electron chi connectivity index (χ3n) is 6.90. The Morgan fingerprint density at radius 2 is 1.97 bits per heavy atom. The summed E-state index contributed by atoms with van der Waals surface area (Å²) < 4.78 is 1.52. The van der Waals surface area contributed by atoms with E-state index >= 15 is 0 Å². The van der Waals surface area contributed by atoms with Crippen molar-refractivity contribution in [3.05, 3.63) is 106 Å². The van der Waals surface area contributed by atoms with Gasteiger partial charge >= 0.3 is 5.69 Å². The number of pyridine rings is 2. The molecule has 3 aromatic heterocycles. The molecule has 6 rings (SSSR count). The van der Waals surface area contributed by atoms with E-state index in [1.165, 1.54) is 21.9 Å². The molecule has 0 amide bonds. The number of aromatic nitrogens is 4. The molecule has 6 heteroatoms. The summed E-state index contributed by atoms with van der Waals surface area (Å²) >= 11 is 0. The number of H-pyrrole nitrogens is 1. The van der Waals surface area contributed by atoms with Gasteiger partial charge in [0.2, 0.25) is 0 Å². The van der Waals surface area contributed by atoms with E-state index in [0.717, 1.165) is 47.0 Å². The number of rotatable bonds is 4. The summed E-state index contributed by atoms with van der Waals surface area (Å²) in [5.74, 6) is 0. The minimum Gasteiger partial charge on any atom is -0.321 e. The molecule has 1 saturated carbocycles. The van der Waals surface area contributed by atoms with Gasteiger partial charge in [-0.2, -0.15) is 5.10 Å². The quantitative estimate of drug-likeness (QED) is 0.497. The van der Waals surface area contributed by atoms with Crippen LogP contribution in [-0.4, -0.2) is 19.6 Å². The molecule has 0 bridgehead atoms. The SMILES string of the molecule is NC1(c2ccc(Cc3nc4ccn5c(=O)[nH]nc5c4cc3C3=CC=CCC=C3)cc2)CCC1. The van der Waals surface area contributed by atoms with Gasteiger partial charge in [-0.15, -0.1) is 0 Å². The standard InChI is InChI=1S/C27H25N5O/c28-27(13-5-14-27)20-10-8-18(9-11-20)16-24-21(19-6-3-1-2-4-7-19)17-22-23(29-24)12-15-32-25(22)30-31-26(32)33/h1,3-4,6-12,15,17H,2,5,13-14,16,28H2,(H,31,33). The smallest absolute Gasteiger partial charge is 0.321 e. The Balaban J connectivity index is 1.47. The highest BCUT2D eigenvalue weighted by Crippen LogP contribution is 2.38. The van der Waals surface area contributed by atoms with Crippen LogP contribution in [0.3, 0.4) is 0 Å². The highest BCUT2D eigenvalue weighted by atomic mass is 16.1. The molecule has 33 heavy (non-hydrogen) atoms. The second-order valence-corrected chi connectivity index (χ2v) is 9.03. The van der Waals surface area contributed by atoms with Crippen molar-refractivity contribution < 1.29 is 0 Å². The molecule has 4 aromatic rings. The van der Waals surface area contributed by atoms with Gasteiger partial charge in [-0.25, -0.2) is 14.3 Å². The summed E-state index contributed by atoms with van der Waals surface area (Å²) in [6.45, 7) is 0. The van der Waals surface area contributed by atoms with Crippen LogP contribution in [0.25, 0.3) is 22.1 Å². The van der Waals surface area contributed by atoms with Crippen LogP contribution in [0.1, 0.15) is 48.1 Å². The van der Waals surface area contributed by atoms with Crippen LogP contribution in [0.15, 0.2) is 77.8 Å². The van der Waals surface area contributed by atoms with E-state index < -0.39 is 0 Å². The van der Waals surface area contributed by atoms with Gasteiger partial charge in [0.05, 0.1) is 11.2 Å². The van der Waals surface area contributed by atoms with Crippen molar-refractivity contribution in [1.82, 2.24) is 19.6 Å². The van der Waals surface area contributed by atoms with Crippen molar-refractivity contribution in [2.24, 2.45) is 5.73 Å². The third kappa shape index (κ3) is 3.43. The third-order valence-corrected chi connectivity index (χ3v) is 6.90. The molecule has 6 nitrogen and oxygen atoms in total. The normalized spacial score (nSPS) is 17.2. The molecule has 164 valence electrons. The maximum Gasteiger partial charge on any atom is 0.347 e. The molecule has 0 radical (unpaired) electrons. The summed E-state index contributed by atoms with van der Waals surface area (Å²) in [7, 11) is 0. The van der Waals surface area contributed by atoms with Crippen molar-refractivity contribution in [3.63, 3.8) is 0 Å². The van der Waals surface area contributed by atoms with Crippen LogP contribution >= 0.6 is 0 Å². The summed E-state index contributed by atoms with van der Waals surface area (Å²) in [5.41, 5.74) is 13.1. The van der Waals surface area contributed by atoms with Crippen LogP contribution in [0.5, 0.6) is 0 Å². The van der Waals surface area contributed by atoms with Crippen molar-refractivity contribution in [2.45, 2.75) is 37.6 Å². The molecule has 2 aliphatic rings. The Morgan fingerprint density at radius 3 is 2.76 bits per heavy atom. The second kappa shape index (κ2) is 7.67. The number of nitrogens with two attached hydrogens (primary N) is 1. The molecule has 0 atom stereocenters. The fourth-order valence-corrected chi connectivity index (χ4v) is 4.79. The van der Waals surface area contributed by atoms with Gasteiger partial charge in [0.25, 0.3) is 0 Å². The molecule has 3 heterocycles. The predicted molar refractivity (Wildman–Crippen MR) is 131 cm³/mol. The van der Waals surface area contributed by atoms with E-state index in [0.29, 0.717) is 12.1 Å². The summed E-state index contributed by atoms with van der Waals surface area (Å²) in [6.07, 6.45) is 17.3. The number of fused-ring (bicyclic) bond motifs is 3. The lowest BCUT2D eigenvalue weighted by atomic mass is 9.72. The maximum absolute atomic E-state index is 12.1. The first-order chi connectivity index (χ1) is 16.1. The topological polar surface area (TPSA) is 89.1 Å². The largest absolute Gasteiger partial charge is 0.347 e. The molecule has 3 N–H and O–H groups in total. The first-order valence-electron chi connectivity index (χ1n) is 11.4. The number of aromatic amines is 1. The zero-order chi connectivity index (χ0) is 22.4. The minimum absolute atomic E-state index is 0.153. The molecule has 0 spiro atoms. The van der Waals surface area contributed by atoms with Gasteiger partial charge in [-0.05, 0) is 54.5 Å². The lowest BCUT2D eigenvalue weighted by Gasteiger charge is -2.38. The van der Waals surface area contributed by atoms with Gasteiger partial charge in [0.1, 0.15) is 0 Å². The Labute approximate surface area is 191 Å². The summed E-state index contributed by atoms with van der Waals surface area (Å²) in [5, 5.41) is 7.62. The molecule has 2 aliphatic carbocycles. The van der Waals surface area contributed by atoms with Crippen molar-refractivity contribution in [2.75, 3.05) is 0 Å². The fourth-order valence-electron chi connectivity index (χ4n) is 4.79. The number of hydrogen-bond acceptors (Lipinski definition) is 4. The Hall–Kier alpha value is -3.77. The molecular formula is C27H25N5O. The maximum atomic E-state index is 12.1.